The quantitative estimate of drug-likeness (QED) is 0.806. The first-order valence-electron chi connectivity index (χ1n) is 5.86. The summed E-state index contributed by atoms with van der Waals surface area (Å²) in [5.74, 6) is 0.838. The minimum atomic E-state index is 0.632. The fourth-order valence-corrected chi connectivity index (χ4v) is 2.75. The maximum Gasteiger partial charge on any atom is 0.139 e. The number of pyridine rings is 1. The van der Waals surface area contributed by atoms with Gasteiger partial charge in [0.2, 0.25) is 0 Å². The molecule has 4 nitrogen and oxygen atoms in total. The zero-order chi connectivity index (χ0) is 11.0. The molecule has 1 aromatic heterocycles. The molecule has 2 fully saturated rings. The van der Waals surface area contributed by atoms with Gasteiger partial charge in [-0.1, -0.05) is 0 Å². The van der Waals surface area contributed by atoms with E-state index in [1.165, 1.54) is 18.5 Å². The molecule has 2 bridgehead atoms. The van der Waals surface area contributed by atoms with Crippen LogP contribution in [0.4, 0.5) is 5.69 Å². The Bertz CT molecular complexity index is 382. The van der Waals surface area contributed by atoms with Crippen LogP contribution in [0, 0.1) is 0 Å². The van der Waals surface area contributed by atoms with Crippen molar-refractivity contribution in [3.63, 3.8) is 0 Å². The maximum atomic E-state index is 5.22. The Kier molecular flexibility index (Phi) is 2.44. The van der Waals surface area contributed by atoms with Gasteiger partial charge in [-0.05, 0) is 12.8 Å². The van der Waals surface area contributed by atoms with Crippen LogP contribution in [0.25, 0.3) is 0 Å². The van der Waals surface area contributed by atoms with E-state index < -0.39 is 0 Å². The molecule has 2 saturated heterocycles. The molecule has 0 aromatic carbocycles. The van der Waals surface area contributed by atoms with Crippen LogP contribution in [0.2, 0.25) is 0 Å². The van der Waals surface area contributed by atoms with E-state index in [1.807, 2.05) is 6.20 Å². The second-order valence-corrected chi connectivity index (χ2v) is 4.56. The average Bonchev–Trinajstić information content (AvgIpc) is 2.71. The van der Waals surface area contributed by atoms with E-state index in [0.717, 1.165) is 24.9 Å². The lowest BCUT2D eigenvalue weighted by molar-refractivity contribution is 0.412. The lowest BCUT2D eigenvalue weighted by Crippen LogP contribution is -2.40. The van der Waals surface area contributed by atoms with Gasteiger partial charge in [-0.3, -0.25) is 4.98 Å². The highest BCUT2D eigenvalue weighted by atomic mass is 16.5. The predicted octanol–water partition coefficient (Wildman–Crippen LogP) is 1.03. The Hall–Kier alpha value is -1.29. The van der Waals surface area contributed by atoms with Crippen LogP contribution in [0.3, 0.4) is 0 Å². The SMILES string of the molecule is COc1cncc(N2CC[C@@H]3C[C@H]2CN3)c1. The van der Waals surface area contributed by atoms with Gasteiger partial charge in [-0.25, -0.2) is 0 Å². The normalized spacial score (nSPS) is 28.2. The lowest BCUT2D eigenvalue weighted by atomic mass is 10.0. The number of fused-ring (bicyclic) bond motifs is 2. The smallest absolute Gasteiger partial charge is 0.139 e. The van der Waals surface area contributed by atoms with Gasteiger partial charge in [-0.2, -0.15) is 0 Å². The summed E-state index contributed by atoms with van der Waals surface area (Å²) < 4.78 is 5.22. The molecule has 0 unspecified atom stereocenters. The Labute approximate surface area is 95.6 Å². The number of piperidine rings is 1. The minimum absolute atomic E-state index is 0.632. The molecule has 0 aliphatic carbocycles. The number of aromatic nitrogens is 1. The highest BCUT2D eigenvalue weighted by Crippen LogP contribution is 2.29. The minimum Gasteiger partial charge on any atom is -0.495 e. The standard InChI is InChI=1S/C12H17N3O/c1-16-12-5-11(6-13-8-12)15-3-2-9-4-10(15)7-14-9/h5-6,8-10,14H,2-4,7H2,1H3/t9-,10+/m1/s1. The topological polar surface area (TPSA) is 37.4 Å². The van der Waals surface area contributed by atoms with Gasteiger partial charge in [-0.15, -0.1) is 0 Å². The van der Waals surface area contributed by atoms with Gasteiger partial charge in [0.15, 0.2) is 0 Å². The highest BCUT2D eigenvalue weighted by molar-refractivity contribution is 5.50. The molecule has 2 aliphatic rings. The van der Waals surface area contributed by atoms with Crippen LogP contribution in [-0.4, -0.2) is 37.3 Å². The molecule has 3 rings (SSSR count). The number of anilines is 1. The molecule has 4 heteroatoms. The van der Waals surface area contributed by atoms with Gasteiger partial charge in [0.1, 0.15) is 5.75 Å². The van der Waals surface area contributed by atoms with Crippen LogP contribution in [0.15, 0.2) is 18.5 Å². The molecular weight excluding hydrogens is 202 g/mol. The third kappa shape index (κ3) is 1.63. The molecule has 0 saturated carbocycles. The van der Waals surface area contributed by atoms with Crippen molar-refractivity contribution in [2.75, 3.05) is 25.1 Å². The summed E-state index contributed by atoms with van der Waals surface area (Å²) in [5, 5.41) is 3.55. The van der Waals surface area contributed by atoms with Gasteiger partial charge < -0.3 is 15.0 Å². The first-order chi connectivity index (χ1) is 7.86. The maximum absolute atomic E-state index is 5.22. The monoisotopic (exact) mass is 219 g/mol. The number of nitrogens with zero attached hydrogens (tertiary/aromatic N) is 2. The summed E-state index contributed by atoms with van der Waals surface area (Å²) in [6.45, 7) is 2.22. The van der Waals surface area contributed by atoms with Crippen LogP contribution in [-0.2, 0) is 0 Å². The van der Waals surface area contributed by atoms with E-state index in [0.29, 0.717) is 6.04 Å². The number of hydrogen-bond acceptors (Lipinski definition) is 4. The summed E-state index contributed by atoms with van der Waals surface area (Å²) in [4.78, 5) is 6.68. The second-order valence-electron chi connectivity index (χ2n) is 4.56. The molecule has 1 N–H and O–H groups in total. The van der Waals surface area contributed by atoms with Crippen molar-refractivity contribution in [1.82, 2.24) is 10.3 Å². The van der Waals surface area contributed by atoms with E-state index in [9.17, 15) is 0 Å². The summed E-state index contributed by atoms with van der Waals surface area (Å²) in [6.07, 6.45) is 6.18. The fourth-order valence-electron chi connectivity index (χ4n) is 2.75. The van der Waals surface area contributed by atoms with E-state index in [-0.39, 0.29) is 0 Å². The van der Waals surface area contributed by atoms with Gasteiger partial charge in [0, 0.05) is 31.2 Å². The summed E-state index contributed by atoms with van der Waals surface area (Å²) in [7, 11) is 1.68. The third-order valence-corrected chi connectivity index (χ3v) is 3.62. The van der Waals surface area contributed by atoms with Crippen molar-refractivity contribution in [2.45, 2.75) is 24.9 Å². The molecular formula is C12H17N3O. The second kappa shape index (κ2) is 3.94. The molecule has 0 amide bonds. The van der Waals surface area contributed by atoms with Crippen molar-refractivity contribution in [3.8, 4) is 5.75 Å². The Morgan fingerprint density at radius 2 is 2.44 bits per heavy atom. The number of nitrogens with one attached hydrogen (secondary N) is 1. The molecule has 86 valence electrons. The van der Waals surface area contributed by atoms with Gasteiger partial charge in [0.25, 0.3) is 0 Å². The van der Waals surface area contributed by atoms with Crippen LogP contribution in [0.5, 0.6) is 5.75 Å². The lowest BCUT2D eigenvalue weighted by Gasteiger charge is -2.34. The van der Waals surface area contributed by atoms with Crippen LogP contribution >= 0.6 is 0 Å². The zero-order valence-electron chi connectivity index (χ0n) is 9.52. The molecule has 2 aliphatic heterocycles. The molecule has 3 heterocycles. The van der Waals surface area contributed by atoms with Gasteiger partial charge in [0.05, 0.1) is 25.2 Å². The Morgan fingerprint density at radius 3 is 3.31 bits per heavy atom. The third-order valence-electron chi connectivity index (χ3n) is 3.62. The van der Waals surface area contributed by atoms with E-state index in [1.54, 1.807) is 13.3 Å². The van der Waals surface area contributed by atoms with Crippen LogP contribution in [0.1, 0.15) is 12.8 Å². The molecule has 16 heavy (non-hydrogen) atoms. The first kappa shape index (κ1) is 9.90. The largest absolute Gasteiger partial charge is 0.495 e. The van der Waals surface area contributed by atoms with Gasteiger partial charge >= 0.3 is 0 Å². The molecule has 0 spiro atoms. The van der Waals surface area contributed by atoms with Crippen molar-refractivity contribution in [1.29, 1.82) is 0 Å². The number of ether oxygens (including phenoxy) is 1. The number of rotatable bonds is 2. The van der Waals surface area contributed by atoms with E-state index in [2.05, 4.69) is 21.3 Å². The van der Waals surface area contributed by atoms with Crippen LogP contribution < -0.4 is 15.0 Å². The highest BCUT2D eigenvalue weighted by Gasteiger charge is 2.33. The average molecular weight is 219 g/mol. The van der Waals surface area contributed by atoms with E-state index in [4.69, 9.17) is 4.74 Å². The van der Waals surface area contributed by atoms with Crippen molar-refractivity contribution < 1.29 is 4.74 Å². The Morgan fingerprint density at radius 1 is 1.50 bits per heavy atom. The molecule has 2 atom stereocenters. The van der Waals surface area contributed by atoms with Crippen molar-refractivity contribution in [3.05, 3.63) is 18.5 Å². The summed E-state index contributed by atoms with van der Waals surface area (Å²) >= 11 is 0. The van der Waals surface area contributed by atoms with Crippen molar-refractivity contribution in [2.24, 2.45) is 0 Å². The molecule has 1 aromatic rings. The summed E-state index contributed by atoms with van der Waals surface area (Å²) in [5.41, 5.74) is 1.19. The predicted molar refractivity (Wildman–Crippen MR) is 62.9 cm³/mol. The van der Waals surface area contributed by atoms with E-state index >= 15 is 0 Å². The van der Waals surface area contributed by atoms with Crippen molar-refractivity contribution >= 4 is 5.69 Å². The number of hydrogen-bond donors (Lipinski definition) is 1. The number of methoxy groups -OCH3 is 1. The fraction of sp³-hybridized carbons (Fsp3) is 0.583. The zero-order valence-corrected chi connectivity index (χ0v) is 9.52. The Balaban J connectivity index is 1.85. The summed E-state index contributed by atoms with van der Waals surface area (Å²) in [6, 6.07) is 3.44. The first-order valence-corrected chi connectivity index (χ1v) is 5.86. The molecule has 0 radical (unpaired) electrons.